The summed E-state index contributed by atoms with van der Waals surface area (Å²) in [7, 11) is 0. The van der Waals surface area contributed by atoms with Crippen molar-refractivity contribution in [3.63, 3.8) is 0 Å². The van der Waals surface area contributed by atoms with Gasteiger partial charge in [0, 0.05) is 4.88 Å². The van der Waals surface area contributed by atoms with E-state index in [0.29, 0.717) is 10.2 Å². The van der Waals surface area contributed by atoms with Crippen LogP contribution in [0, 0.1) is 0 Å². The molecule has 2 heterocycles. The van der Waals surface area contributed by atoms with Crippen LogP contribution in [0.15, 0.2) is 53.3 Å². The number of thiophene rings is 1. The molecule has 6 nitrogen and oxygen atoms in total. The summed E-state index contributed by atoms with van der Waals surface area (Å²) in [6.07, 6.45) is 2.93. The van der Waals surface area contributed by atoms with Gasteiger partial charge in [-0.05, 0) is 47.1 Å². The molecular formula is C23H20ClN3O3S. The van der Waals surface area contributed by atoms with Crippen LogP contribution in [0.4, 0.5) is 0 Å². The highest BCUT2D eigenvalue weighted by atomic mass is 35.5. The molecule has 0 aliphatic heterocycles. The zero-order valence-corrected chi connectivity index (χ0v) is 18.1. The van der Waals surface area contributed by atoms with Crippen molar-refractivity contribution in [2.24, 2.45) is 5.73 Å². The summed E-state index contributed by atoms with van der Waals surface area (Å²) in [6.45, 7) is 0. The number of aryl methyl sites for hydroxylation is 2. The topological polar surface area (TPSA) is 109 Å². The van der Waals surface area contributed by atoms with E-state index in [1.807, 2.05) is 12.1 Å². The molecule has 4 aromatic rings. The number of aromatic amines is 1. The molecule has 31 heavy (non-hydrogen) atoms. The second-order valence-electron chi connectivity index (χ2n) is 7.41. The average Bonchev–Trinajstić information content (AvgIpc) is 3.41. The Bertz CT molecular complexity index is 1320. The van der Waals surface area contributed by atoms with Crippen LogP contribution in [0.25, 0.3) is 21.3 Å². The van der Waals surface area contributed by atoms with Crippen LogP contribution in [0.1, 0.15) is 44.6 Å². The van der Waals surface area contributed by atoms with Gasteiger partial charge in [0.25, 0.3) is 5.56 Å². The molecule has 0 saturated carbocycles. The molecule has 0 saturated heterocycles. The van der Waals surface area contributed by atoms with Gasteiger partial charge in [-0.1, -0.05) is 48.5 Å². The predicted molar refractivity (Wildman–Crippen MR) is 124 cm³/mol. The standard InChI is InChI=1S/C13H11N.C10H8N2O3S.ClH/c14-13-11-7-3-1-5-9(11)10-6-2-4-8-12(10)13;13-8-6-4-2-1-3-5(4)16-9(6)12-7(11-8)10(14)15;/h1-8,13H,14H2;1-3H2,(H,14,15)(H,11,12,13);1H. The fourth-order valence-corrected chi connectivity index (χ4v) is 5.56. The smallest absolute Gasteiger partial charge is 0.372 e. The predicted octanol–water partition coefficient (Wildman–Crippen LogP) is 4.31. The van der Waals surface area contributed by atoms with Crippen molar-refractivity contribution in [2.45, 2.75) is 25.3 Å². The van der Waals surface area contributed by atoms with Gasteiger partial charge in [-0.3, -0.25) is 4.79 Å². The van der Waals surface area contributed by atoms with E-state index in [4.69, 9.17) is 10.8 Å². The van der Waals surface area contributed by atoms with E-state index < -0.39 is 5.97 Å². The second-order valence-corrected chi connectivity index (χ2v) is 8.49. The maximum atomic E-state index is 11.8. The lowest BCUT2D eigenvalue weighted by Crippen LogP contribution is -2.15. The summed E-state index contributed by atoms with van der Waals surface area (Å²) >= 11 is 1.44. The highest BCUT2D eigenvalue weighted by Crippen LogP contribution is 2.41. The summed E-state index contributed by atoms with van der Waals surface area (Å²) in [4.78, 5) is 30.5. The molecule has 2 aromatic heterocycles. The molecule has 4 N–H and O–H groups in total. The molecule has 0 unspecified atom stereocenters. The average molecular weight is 454 g/mol. The summed E-state index contributed by atoms with van der Waals surface area (Å²) < 4.78 is 0. The van der Waals surface area contributed by atoms with Crippen molar-refractivity contribution < 1.29 is 9.90 Å². The molecule has 0 spiro atoms. The van der Waals surface area contributed by atoms with E-state index >= 15 is 0 Å². The fourth-order valence-electron chi connectivity index (χ4n) is 4.30. The van der Waals surface area contributed by atoms with E-state index in [1.165, 1.54) is 38.5 Å². The maximum Gasteiger partial charge on any atom is 0.372 e. The first-order valence-corrected chi connectivity index (χ1v) is 10.6. The van der Waals surface area contributed by atoms with Gasteiger partial charge in [0.2, 0.25) is 5.82 Å². The zero-order valence-electron chi connectivity index (χ0n) is 16.4. The number of aromatic nitrogens is 2. The molecule has 8 heteroatoms. The van der Waals surface area contributed by atoms with Crippen molar-refractivity contribution in [2.75, 3.05) is 0 Å². The van der Waals surface area contributed by atoms with E-state index in [-0.39, 0.29) is 29.8 Å². The third kappa shape index (κ3) is 3.54. The number of carboxylic acid groups (broad SMARTS) is 1. The van der Waals surface area contributed by atoms with Crippen LogP contribution in [0.3, 0.4) is 0 Å². The Balaban J connectivity index is 0.000000146. The summed E-state index contributed by atoms with van der Waals surface area (Å²) in [5, 5.41) is 9.37. The van der Waals surface area contributed by atoms with Gasteiger partial charge in [-0.2, -0.15) is 0 Å². The molecule has 6 rings (SSSR count). The summed E-state index contributed by atoms with van der Waals surface area (Å²) in [5.41, 5.74) is 12.0. The molecule has 0 radical (unpaired) electrons. The lowest BCUT2D eigenvalue weighted by molar-refractivity contribution is 0.0683. The number of carboxylic acids is 1. The molecule has 0 fully saturated rings. The minimum Gasteiger partial charge on any atom is -0.475 e. The number of halogens is 1. The van der Waals surface area contributed by atoms with Gasteiger partial charge in [0.15, 0.2) is 0 Å². The highest BCUT2D eigenvalue weighted by molar-refractivity contribution is 7.18. The quantitative estimate of drug-likeness (QED) is 0.398. The lowest BCUT2D eigenvalue weighted by Gasteiger charge is -2.04. The van der Waals surface area contributed by atoms with Gasteiger partial charge >= 0.3 is 5.97 Å². The Hall–Kier alpha value is -3.00. The first-order valence-electron chi connectivity index (χ1n) is 9.76. The minimum absolute atomic E-state index is 0. The SMILES string of the molecule is Cl.NC1c2ccccc2-c2ccccc21.O=C(O)c1nc2sc3c(c2c(=O)[nH]1)CCC3. The number of fused-ring (bicyclic) bond motifs is 6. The Morgan fingerprint density at radius 2 is 1.68 bits per heavy atom. The fraction of sp³-hybridized carbons (Fsp3) is 0.174. The Kier molecular flexibility index (Phi) is 5.66. The highest BCUT2D eigenvalue weighted by Gasteiger charge is 2.24. The molecular weight excluding hydrogens is 434 g/mol. The number of rotatable bonds is 1. The number of nitrogens with zero attached hydrogens (tertiary/aromatic N) is 1. The Morgan fingerprint density at radius 3 is 2.29 bits per heavy atom. The number of nitrogens with one attached hydrogen (secondary N) is 1. The maximum absolute atomic E-state index is 11.8. The molecule has 158 valence electrons. The molecule has 2 aromatic carbocycles. The second kappa shape index (κ2) is 8.26. The molecule has 2 aliphatic carbocycles. The summed E-state index contributed by atoms with van der Waals surface area (Å²) in [5.74, 6) is -1.48. The first-order chi connectivity index (χ1) is 14.5. The van der Waals surface area contributed by atoms with Crippen LogP contribution < -0.4 is 11.3 Å². The van der Waals surface area contributed by atoms with E-state index in [9.17, 15) is 9.59 Å². The molecule has 0 bridgehead atoms. The van der Waals surface area contributed by atoms with Crippen molar-refractivity contribution in [3.8, 4) is 11.1 Å². The molecule has 2 aliphatic rings. The normalized spacial score (nSPS) is 13.6. The van der Waals surface area contributed by atoms with Crippen LogP contribution in [-0.4, -0.2) is 21.0 Å². The third-order valence-electron chi connectivity index (χ3n) is 5.66. The monoisotopic (exact) mass is 453 g/mol. The zero-order chi connectivity index (χ0) is 20.8. The van der Waals surface area contributed by atoms with E-state index in [0.717, 1.165) is 24.8 Å². The van der Waals surface area contributed by atoms with Crippen LogP contribution in [-0.2, 0) is 12.8 Å². The number of aromatic carboxylic acids is 1. The van der Waals surface area contributed by atoms with E-state index in [2.05, 4.69) is 46.4 Å². The van der Waals surface area contributed by atoms with Gasteiger partial charge in [0.1, 0.15) is 4.83 Å². The van der Waals surface area contributed by atoms with Gasteiger partial charge in [-0.15, -0.1) is 23.7 Å². The van der Waals surface area contributed by atoms with Crippen molar-refractivity contribution in [1.82, 2.24) is 9.97 Å². The number of carbonyl (C=O) groups is 1. The Labute approximate surface area is 188 Å². The van der Waals surface area contributed by atoms with Gasteiger partial charge in [0.05, 0.1) is 11.4 Å². The van der Waals surface area contributed by atoms with Crippen LogP contribution >= 0.6 is 23.7 Å². The number of nitrogens with two attached hydrogens (primary N) is 1. The molecule has 0 amide bonds. The van der Waals surface area contributed by atoms with Crippen LogP contribution in [0.2, 0.25) is 0 Å². The van der Waals surface area contributed by atoms with Gasteiger partial charge < -0.3 is 15.8 Å². The first kappa shape index (κ1) is 21.2. The number of hydrogen-bond acceptors (Lipinski definition) is 5. The number of hydrogen-bond donors (Lipinski definition) is 3. The largest absolute Gasteiger partial charge is 0.475 e. The number of benzene rings is 2. The molecule has 0 atom stereocenters. The Morgan fingerprint density at radius 1 is 1.06 bits per heavy atom. The third-order valence-corrected chi connectivity index (χ3v) is 6.85. The lowest BCUT2D eigenvalue weighted by atomic mass is 10.1. The number of H-pyrrole nitrogens is 1. The van der Waals surface area contributed by atoms with Gasteiger partial charge in [-0.25, -0.2) is 9.78 Å². The summed E-state index contributed by atoms with van der Waals surface area (Å²) in [6, 6.07) is 16.8. The minimum atomic E-state index is -1.20. The van der Waals surface area contributed by atoms with Crippen LogP contribution in [0.5, 0.6) is 0 Å². The van der Waals surface area contributed by atoms with Crippen molar-refractivity contribution in [3.05, 3.63) is 86.3 Å². The van der Waals surface area contributed by atoms with Crippen molar-refractivity contribution in [1.29, 1.82) is 0 Å². The van der Waals surface area contributed by atoms with Crippen molar-refractivity contribution >= 4 is 39.9 Å². The van der Waals surface area contributed by atoms with E-state index in [1.54, 1.807) is 0 Å².